The summed E-state index contributed by atoms with van der Waals surface area (Å²) in [5.41, 5.74) is 3.12. The van der Waals surface area contributed by atoms with E-state index in [4.69, 9.17) is 4.84 Å². The van der Waals surface area contributed by atoms with Crippen LogP contribution in [0.2, 0.25) is 0 Å². The number of fused-ring (bicyclic) bond motifs is 1. The van der Waals surface area contributed by atoms with E-state index in [2.05, 4.69) is 5.10 Å². The van der Waals surface area contributed by atoms with Gasteiger partial charge in [-0.2, -0.15) is 5.10 Å². The summed E-state index contributed by atoms with van der Waals surface area (Å²) in [6.45, 7) is 3.85. The van der Waals surface area contributed by atoms with Crippen molar-refractivity contribution < 1.29 is 19.2 Å². The number of rotatable bonds is 4. The molecule has 2 heterocycles. The van der Waals surface area contributed by atoms with Crippen molar-refractivity contribution in [2.24, 2.45) is 0 Å². The Morgan fingerprint density at radius 1 is 1.00 bits per heavy atom. The molecule has 0 atom stereocenters. The molecule has 7 nitrogen and oxygen atoms in total. The van der Waals surface area contributed by atoms with Gasteiger partial charge >= 0.3 is 5.97 Å². The van der Waals surface area contributed by atoms with Gasteiger partial charge in [-0.15, -0.1) is 0 Å². The second-order valence-electron chi connectivity index (χ2n) is 6.39. The van der Waals surface area contributed by atoms with Crippen molar-refractivity contribution in [1.82, 2.24) is 14.8 Å². The monoisotopic (exact) mass is 375 g/mol. The van der Waals surface area contributed by atoms with Crippen LogP contribution in [0, 0.1) is 6.92 Å². The first kappa shape index (κ1) is 17.7. The number of hydroxylamine groups is 2. The van der Waals surface area contributed by atoms with Crippen LogP contribution in [0.15, 0.2) is 54.7 Å². The van der Waals surface area contributed by atoms with Crippen LogP contribution >= 0.6 is 0 Å². The van der Waals surface area contributed by atoms with E-state index in [9.17, 15) is 14.4 Å². The van der Waals surface area contributed by atoms with E-state index in [1.165, 1.54) is 18.3 Å². The van der Waals surface area contributed by atoms with Gasteiger partial charge in [-0.1, -0.05) is 42.3 Å². The van der Waals surface area contributed by atoms with E-state index in [1.807, 2.05) is 38.1 Å². The summed E-state index contributed by atoms with van der Waals surface area (Å²) in [6, 6.07) is 14.0. The minimum absolute atomic E-state index is 0.210. The highest BCUT2D eigenvalue weighted by Crippen LogP contribution is 2.25. The summed E-state index contributed by atoms with van der Waals surface area (Å²) in [5, 5.41) is 4.83. The molecule has 0 radical (unpaired) electrons. The molecule has 1 aromatic heterocycles. The lowest BCUT2D eigenvalue weighted by molar-refractivity contribution is -0.0585. The Kier molecular flexibility index (Phi) is 4.27. The van der Waals surface area contributed by atoms with Crippen molar-refractivity contribution in [2.75, 3.05) is 0 Å². The van der Waals surface area contributed by atoms with Crippen molar-refractivity contribution >= 4 is 17.8 Å². The Labute approximate surface area is 161 Å². The zero-order valence-electron chi connectivity index (χ0n) is 15.4. The highest BCUT2D eigenvalue weighted by molar-refractivity contribution is 6.21. The number of aryl methyl sites for hydroxylation is 1. The minimum Gasteiger partial charge on any atom is -0.324 e. The number of imide groups is 1. The molecule has 28 heavy (non-hydrogen) atoms. The molecule has 2 amide bonds. The van der Waals surface area contributed by atoms with Gasteiger partial charge in [0.25, 0.3) is 11.8 Å². The topological polar surface area (TPSA) is 81.5 Å². The summed E-state index contributed by atoms with van der Waals surface area (Å²) >= 11 is 0. The third kappa shape index (κ3) is 2.68. The molecular formula is C21H17N3O4. The highest BCUT2D eigenvalue weighted by Gasteiger charge is 2.39. The fraction of sp³-hybridized carbons (Fsp3) is 0.143. The summed E-state index contributed by atoms with van der Waals surface area (Å²) in [7, 11) is 0. The lowest BCUT2D eigenvalue weighted by Crippen LogP contribution is -2.32. The van der Waals surface area contributed by atoms with E-state index in [0.717, 1.165) is 11.3 Å². The second kappa shape index (κ2) is 6.77. The molecule has 0 unspecified atom stereocenters. The van der Waals surface area contributed by atoms with Crippen LogP contribution in [0.3, 0.4) is 0 Å². The third-order valence-corrected chi connectivity index (χ3v) is 4.70. The smallest absolute Gasteiger partial charge is 0.324 e. The Hall–Kier alpha value is -3.74. The standard InChI is InChI=1S/C21H17N3O4/c1-3-17-16(12-22-23(17)18-11-7-4-8-13(18)2)21(27)28-24-19(25)14-9-5-6-10-15(14)20(24)26/h4-12H,3H2,1-2H3. The summed E-state index contributed by atoms with van der Waals surface area (Å²) in [5.74, 6) is -2.11. The van der Waals surface area contributed by atoms with Crippen LogP contribution in [-0.4, -0.2) is 32.6 Å². The Morgan fingerprint density at radius 3 is 2.21 bits per heavy atom. The van der Waals surface area contributed by atoms with E-state index in [0.29, 0.717) is 17.2 Å². The minimum atomic E-state index is -0.800. The molecule has 0 saturated carbocycles. The molecule has 0 fully saturated rings. The van der Waals surface area contributed by atoms with Crippen LogP contribution in [0.4, 0.5) is 0 Å². The molecule has 0 saturated heterocycles. The van der Waals surface area contributed by atoms with Crippen LogP contribution in [0.5, 0.6) is 0 Å². The van der Waals surface area contributed by atoms with Gasteiger partial charge in [-0.05, 0) is 37.1 Å². The summed E-state index contributed by atoms with van der Waals surface area (Å²) in [6.07, 6.45) is 1.91. The second-order valence-corrected chi connectivity index (χ2v) is 6.39. The van der Waals surface area contributed by atoms with Gasteiger partial charge < -0.3 is 4.84 Å². The van der Waals surface area contributed by atoms with E-state index in [1.54, 1.807) is 16.8 Å². The molecule has 1 aliphatic heterocycles. The molecule has 1 aliphatic rings. The molecule has 3 aromatic rings. The normalized spacial score (nSPS) is 13.0. The number of carbonyl (C=O) groups is 3. The number of aromatic nitrogens is 2. The van der Waals surface area contributed by atoms with Crippen molar-refractivity contribution in [2.45, 2.75) is 20.3 Å². The zero-order valence-corrected chi connectivity index (χ0v) is 15.4. The first-order valence-corrected chi connectivity index (χ1v) is 8.86. The molecule has 7 heteroatoms. The number of nitrogens with zero attached hydrogens (tertiary/aromatic N) is 3. The Balaban J connectivity index is 1.65. The van der Waals surface area contributed by atoms with E-state index >= 15 is 0 Å². The molecule has 0 spiro atoms. The number of hydrogen-bond acceptors (Lipinski definition) is 5. The predicted molar refractivity (Wildman–Crippen MR) is 100 cm³/mol. The van der Waals surface area contributed by atoms with Gasteiger partial charge in [0.15, 0.2) is 0 Å². The third-order valence-electron chi connectivity index (χ3n) is 4.70. The maximum Gasteiger partial charge on any atom is 0.367 e. The molecule has 2 aromatic carbocycles. The Bertz CT molecular complexity index is 1080. The van der Waals surface area contributed by atoms with E-state index < -0.39 is 17.8 Å². The van der Waals surface area contributed by atoms with Crippen LogP contribution in [0.1, 0.15) is 49.3 Å². The lowest BCUT2D eigenvalue weighted by atomic mass is 10.1. The predicted octanol–water partition coefficient (Wildman–Crippen LogP) is 3.11. The first-order valence-electron chi connectivity index (χ1n) is 8.86. The number of benzene rings is 2. The van der Waals surface area contributed by atoms with Crippen molar-refractivity contribution in [1.29, 1.82) is 0 Å². The van der Waals surface area contributed by atoms with Gasteiger partial charge in [0.1, 0.15) is 5.56 Å². The van der Waals surface area contributed by atoms with Gasteiger partial charge in [-0.3, -0.25) is 9.59 Å². The van der Waals surface area contributed by atoms with Gasteiger partial charge in [0, 0.05) is 0 Å². The van der Waals surface area contributed by atoms with Crippen LogP contribution in [-0.2, 0) is 11.3 Å². The van der Waals surface area contributed by atoms with Gasteiger partial charge in [0.2, 0.25) is 0 Å². The molecule has 0 N–H and O–H groups in total. The number of amides is 2. The summed E-state index contributed by atoms with van der Waals surface area (Å²) < 4.78 is 1.67. The number of para-hydroxylation sites is 1. The maximum atomic E-state index is 12.7. The fourth-order valence-corrected chi connectivity index (χ4v) is 3.28. The quantitative estimate of drug-likeness (QED) is 0.655. The SMILES string of the molecule is CCc1c(C(=O)ON2C(=O)c3ccccc3C2=O)cnn1-c1ccccc1C. The van der Waals surface area contributed by atoms with Crippen LogP contribution in [0.25, 0.3) is 5.69 Å². The van der Waals surface area contributed by atoms with Gasteiger partial charge in [0.05, 0.1) is 28.7 Å². The van der Waals surface area contributed by atoms with Crippen molar-refractivity contribution in [3.8, 4) is 5.69 Å². The summed E-state index contributed by atoms with van der Waals surface area (Å²) in [4.78, 5) is 42.7. The van der Waals surface area contributed by atoms with Crippen molar-refractivity contribution in [3.63, 3.8) is 0 Å². The maximum absolute atomic E-state index is 12.7. The number of carbonyl (C=O) groups excluding carboxylic acids is 3. The lowest BCUT2D eigenvalue weighted by Gasteiger charge is -2.13. The molecule has 4 rings (SSSR count). The zero-order chi connectivity index (χ0) is 19.8. The van der Waals surface area contributed by atoms with Crippen molar-refractivity contribution in [3.05, 3.63) is 82.7 Å². The Morgan fingerprint density at radius 2 is 1.61 bits per heavy atom. The van der Waals surface area contributed by atoms with Gasteiger partial charge in [-0.25, -0.2) is 9.48 Å². The number of hydrogen-bond donors (Lipinski definition) is 0. The van der Waals surface area contributed by atoms with Crippen LogP contribution < -0.4 is 0 Å². The highest BCUT2D eigenvalue weighted by atomic mass is 16.7. The molecule has 140 valence electrons. The molecule has 0 aliphatic carbocycles. The average Bonchev–Trinajstić information content (AvgIpc) is 3.24. The first-order chi connectivity index (χ1) is 13.5. The van der Waals surface area contributed by atoms with E-state index in [-0.39, 0.29) is 16.7 Å². The fourth-order valence-electron chi connectivity index (χ4n) is 3.28. The molecular weight excluding hydrogens is 358 g/mol. The average molecular weight is 375 g/mol. The molecule has 0 bridgehead atoms. The largest absolute Gasteiger partial charge is 0.367 e.